The molecule has 1 amide bonds. The highest BCUT2D eigenvalue weighted by Crippen LogP contribution is 2.23. The van der Waals surface area contributed by atoms with Crippen molar-refractivity contribution in [3.8, 4) is 5.75 Å². The Kier molecular flexibility index (Phi) is 7.01. The lowest BCUT2D eigenvalue weighted by Crippen LogP contribution is -2.38. The van der Waals surface area contributed by atoms with Crippen LogP contribution in [-0.4, -0.2) is 17.6 Å². The average Bonchev–Trinajstić information content (AvgIpc) is 3.05. The summed E-state index contributed by atoms with van der Waals surface area (Å²) in [7, 11) is 0. The van der Waals surface area contributed by atoms with Crippen molar-refractivity contribution >= 4 is 50.5 Å². The second-order valence-electron chi connectivity index (χ2n) is 4.71. The van der Waals surface area contributed by atoms with Crippen LogP contribution in [0.25, 0.3) is 0 Å². The van der Waals surface area contributed by atoms with E-state index in [1.807, 2.05) is 30.5 Å². The summed E-state index contributed by atoms with van der Waals surface area (Å²) in [6.07, 6.45) is 0.873. The number of carbonyl (C=O) groups excluding carboxylic acids is 1. The molecule has 2 rings (SSSR count). The Morgan fingerprint density at radius 3 is 2.91 bits per heavy atom. The number of hydrogen-bond donors (Lipinski definition) is 2. The number of thiocarbonyl (C=S) groups is 1. The highest BCUT2D eigenvalue weighted by molar-refractivity contribution is 9.10. The molecule has 0 saturated carbocycles. The number of nitrogens with one attached hydrogen (secondary N) is 2. The number of benzene rings is 1. The second kappa shape index (κ2) is 9.00. The van der Waals surface area contributed by atoms with Crippen LogP contribution in [0.5, 0.6) is 5.75 Å². The third kappa shape index (κ3) is 5.60. The van der Waals surface area contributed by atoms with Gasteiger partial charge in [-0.15, -0.1) is 11.3 Å². The zero-order chi connectivity index (χ0) is 16.7. The van der Waals surface area contributed by atoms with Gasteiger partial charge in [0.25, 0.3) is 5.91 Å². The maximum atomic E-state index is 12.4. The maximum absolute atomic E-state index is 12.4. The van der Waals surface area contributed by atoms with Gasteiger partial charge < -0.3 is 10.1 Å². The first kappa shape index (κ1) is 17.9. The molecule has 4 nitrogen and oxygen atoms in total. The third-order valence-corrected chi connectivity index (χ3v) is 4.49. The van der Waals surface area contributed by atoms with E-state index in [0.717, 1.165) is 15.8 Å². The molecule has 7 heteroatoms. The predicted molar refractivity (Wildman–Crippen MR) is 101 cm³/mol. The Hall–Kier alpha value is -1.44. The van der Waals surface area contributed by atoms with Gasteiger partial charge in [-0.25, -0.2) is 0 Å². The normalized spacial score (nSPS) is 10.2. The van der Waals surface area contributed by atoms with Crippen molar-refractivity contribution in [2.45, 2.75) is 19.9 Å². The van der Waals surface area contributed by atoms with E-state index >= 15 is 0 Å². The Morgan fingerprint density at radius 1 is 1.39 bits per heavy atom. The fourth-order valence-corrected chi connectivity index (χ4v) is 2.98. The van der Waals surface area contributed by atoms with Crippen molar-refractivity contribution in [3.05, 3.63) is 50.6 Å². The lowest BCUT2D eigenvalue weighted by atomic mass is 10.2. The van der Waals surface area contributed by atoms with Crippen LogP contribution in [0.15, 0.2) is 40.2 Å². The molecule has 2 aromatic rings. The number of amides is 1. The van der Waals surface area contributed by atoms with E-state index in [9.17, 15) is 4.79 Å². The Morgan fingerprint density at radius 2 is 2.22 bits per heavy atom. The smallest absolute Gasteiger partial charge is 0.261 e. The van der Waals surface area contributed by atoms with Crippen molar-refractivity contribution in [1.29, 1.82) is 0 Å². The van der Waals surface area contributed by atoms with Gasteiger partial charge in [0.2, 0.25) is 0 Å². The van der Waals surface area contributed by atoms with E-state index in [0.29, 0.717) is 29.6 Å². The molecule has 0 bridgehead atoms. The van der Waals surface area contributed by atoms with Crippen LogP contribution in [0.1, 0.15) is 28.6 Å². The monoisotopic (exact) mass is 412 g/mol. The molecule has 0 aliphatic rings. The Labute approximate surface area is 153 Å². The van der Waals surface area contributed by atoms with Gasteiger partial charge in [0, 0.05) is 9.35 Å². The van der Waals surface area contributed by atoms with Crippen LogP contribution in [-0.2, 0) is 6.54 Å². The number of hydrogen-bond acceptors (Lipinski definition) is 4. The Balaban J connectivity index is 1.98. The number of ether oxygens (including phenoxy) is 1. The molecule has 0 radical (unpaired) electrons. The molecule has 0 spiro atoms. The summed E-state index contributed by atoms with van der Waals surface area (Å²) in [5.41, 5.74) is 0.452. The molecule has 0 aliphatic heterocycles. The minimum atomic E-state index is -0.291. The number of halogens is 1. The van der Waals surface area contributed by atoms with Gasteiger partial charge in [0.15, 0.2) is 5.11 Å². The highest BCUT2D eigenvalue weighted by atomic mass is 79.9. The van der Waals surface area contributed by atoms with Crippen LogP contribution < -0.4 is 15.4 Å². The second-order valence-corrected chi connectivity index (χ2v) is 7.06. The summed E-state index contributed by atoms with van der Waals surface area (Å²) in [6.45, 7) is 3.17. The van der Waals surface area contributed by atoms with E-state index in [2.05, 4.69) is 26.6 Å². The van der Waals surface area contributed by atoms with Crippen LogP contribution in [0.3, 0.4) is 0 Å². The minimum absolute atomic E-state index is 0.291. The molecule has 0 atom stereocenters. The lowest BCUT2D eigenvalue weighted by molar-refractivity contribution is 0.0972. The average molecular weight is 413 g/mol. The summed E-state index contributed by atoms with van der Waals surface area (Å²) >= 11 is 10.2. The molecule has 2 N–H and O–H groups in total. The predicted octanol–water partition coefficient (Wildman–Crippen LogP) is 4.10. The molecule has 0 fully saturated rings. The first-order chi connectivity index (χ1) is 11.1. The number of carbonyl (C=O) groups is 1. The van der Waals surface area contributed by atoms with Gasteiger partial charge in [-0.3, -0.25) is 10.1 Å². The quantitative estimate of drug-likeness (QED) is 0.700. The minimum Gasteiger partial charge on any atom is -0.493 e. The molecule has 0 aliphatic carbocycles. The van der Waals surface area contributed by atoms with E-state index in [1.54, 1.807) is 23.5 Å². The molecule has 23 heavy (non-hydrogen) atoms. The number of rotatable bonds is 6. The van der Waals surface area contributed by atoms with Crippen LogP contribution >= 0.6 is 39.5 Å². The first-order valence-electron chi connectivity index (χ1n) is 7.14. The molecule has 122 valence electrons. The molecule has 1 aromatic carbocycles. The van der Waals surface area contributed by atoms with Crippen LogP contribution in [0, 0.1) is 0 Å². The molecule has 1 heterocycles. The van der Waals surface area contributed by atoms with Gasteiger partial charge in [-0.05, 0) is 48.3 Å². The standard InChI is InChI=1S/C16H17BrN2O2S2/c1-2-7-21-14-6-5-11(17)9-13(14)15(20)19-16(22)18-10-12-4-3-8-23-12/h3-6,8-9H,2,7,10H2,1H3,(H2,18,19,20,22). The van der Waals surface area contributed by atoms with Gasteiger partial charge in [-0.2, -0.15) is 0 Å². The lowest BCUT2D eigenvalue weighted by Gasteiger charge is -2.13. The van der Waals surface area contributed by atoms with E-state index in [-0.39, 0.29) is 5.91 Å². The molecule has 0 saturated heterocycles. The van der Waals surface area contributed by atoms with Crippen LogP contribution in [0.2, 0.25) is 0 Å². The van der Waals surface area contributed by atoms with Gasteiger partial charge >= 0.3 is 0 Å². The SMILES string of the molecule is CCCOc1ccc(Br)cc1C(=O)NC(=S)NCc1cccs1. The van der Waals surface area contributed by atoms with Gasteiger partial charge in [0.05, 0.1) is 18.7 Å². The van der Waals surface area contributed by atoms with Crippen molar-refractivity contribution < 1.29 is 9.53 Å². The van der Waals surface area contributed by atoms with E-state index in [1.165, 1.54) is 0 Å². The summed E-state index contributed by atoms with van der Waals surface area (Å²) in [5.74, 6) is 0.259. The summed E-state index contributed by atoms with van der Waals surface area (Å²) in [5, 5.41) is 8.00. The topological polar surface area (TPSA) is 50.4 Å². The first-order valence-corrected chi connectivity index (χ1v) is 9.22. The molecule has 1 aromatic heterocycles. The summed E-state index contributed by atoms with van der Waals surface area (Å²) in [4.78, 5) is 13.6. The van der Waals surface area contributed by atoms with Crippen molar-refractivity contribution in [3.63, 3.8) is 0 Å². The zero-order valence-corrected chi connectivity index (χ0v) is 15.8. The van der Waals surface area contributed by atoms with E-state index < -0.39 is 0 Å². The van der Waals surface area contributed by atoms with Crippen molar-refractivity contribution in [2.24, 2.45) is 0 Å². The van der Waals surface area contributed by atoms with E-state index in [4.69, 9.17) is 17.0 Å². The number of thiophene rings is 1. The molecule has 0 unspecified atom stereocenters. The van der Waals surface area contributed by atoms with Crippen molar-refractivity contribution in [2.75, 3.05) is 6.61 Å². The van der Waals surface area contributed by atoms with Gasteiger partial charge in [0.1, 0.15) is 5.75 Å². The van der Waals surface area contributed by atoms with Crippen molar-refractivity contribution in [1.82, 2.24) is 10.6 Å². The molecular weight excluding hydrogens is 396 g/mol. The zero-order valence-electron chi connectivity index (χ0n) is 12.6. The highest BCUT2D eigenvalue weighted by Gasteiger charge is 2.14. The molecular formula is C16H17BrN2O2S2. The van der Waals surface area contributed by atoms with Gasteiger partial charge in [-0.1, -0.05) is 28.9 Å². The summed E-state index contributed by atoms with van der Waals surface area (Å²) < 4.78 is 6.43. The summed E-state index contributed by atoms with van der Waals surface area (Å²) in [6, 6.07) is 9.32. The Bertz CT molecular complexity index is 675. The fraction of sp³-hybridized carbons (Fsp3) is 0.250. The largest absolute Gasteiger partial charge is 0.493 e. The fourth-order valence-electron chi connectivity index (χ4n) is 1.81. The third-order valence-electron chi connectivity index (χ3n) is 2.88. The van der Waals surface area contributed by atoms with Crippen LogP contribution in [0.4, 0.5) is 0 Å². The maximum Gasteiger partial charge on any atom is 0.261 e.